The molecule has 130 valence electrons. The molecule has 0 radical (unpaired) electrons. The standard InChI is InChI=1S/C22H18O3S/c1-23-16-9-7-15(8-10-16)21-22(19-5-3-4-6-20(19)25-21)26-18-13-11-17(24-2)12-14-18/h3-14H,1-2H3. The molecule has 3 nitrogen and oxygen atoms in total. The van der Waals surface area contributed by atoms with E-state index in [0.29, 0.717) is 0 Å². The Bertz CT molecular complexity index is 1020. The van der Waals surface area contributed by atoms with E-state index in [4.69, 9.17) is 13.9 Å². The minimum Gasteiger partial charge on any atom is -0.497 e. The number of fused-ring (bicyclic) bond motifs is 1. The molecule has 0 aliphatic carbocycles. The molecule has 0 aliphatic heterocycles. The second-order valence-electron chi connectivity index (χ2n) is 5.76. The quantitative estimate of drug-likeness (QED) is 0.419. The molecule has 0 unspecified atom stereocenters. The van der Waals surface area contributed by atoms with Gasteiger partial charge < -0.3 is 13.9 Å². The number of hydrogen-bond acceptors (Lipinski definition) is 4. The van der Waals surface area contributed by atoms with E-state index in [0.717, 1.165) is 43.6 Å². The van der Waals surface area contributed by atoms with Crippen molar-refractivity contribution in [2.75, 3.05) is 14.2 Å². The first-order chi connectivity index (χ1) is 12.8. The fraction of sp³-hybridized carbons (Fsp3) is 0.0909. The van der Waals surface area contributed by atoms with Crippen molar-refractivity contribution < 1.29 is 13.9 Å². The van der Waals surface area contributed by atoms with Gasteiger partial charge in [0, 0.05) is 15.8 Å². The van der Waals surface area contributed by atoms with Crippen LogP contribution in [0.25, 0.3) is 22.3 Å². The fourth-order valence-electron chi connectivity index (χ4n) is 2.82. The Kier molecular flexibility index (Phi) is 4.59. The molecule has 1 heterocycles. The highest BCUT2D eigenvalue weighted by molar-refractivity contribution is 7.99. The number of hydrogen-bond donors (Lipinski definition) is 0. The highest BCUT2D eigenvalue weighted by Crippen LogP contribution is 2.43. The molecular weight excluding hydrogens is 344 g/mol. The van der Waals surface area contributed by atoms with Gasteiger partial charge in [0.1, 0.15) is 22.8 Å². The Labute approximate surface area is 156 Å². The summed E-state index contributed by atoms with van der Waals surface area (Å²) in [5.41, 5.74) is 1.91. The predicted octanol–water partition coefficient (Wildman–Crippen LogP) is 6.27. The van der Waals surface area contributed by atoms with E-state index in [9.17, 15) is 0 Å². The molecule has 1 aromatic heterocycles. The third kappa shape index (κ3) is 3.16. The van der Waals surface area contributed by atoms with Crippen molar-refractivity contribution in [2.45, 2.75) is 9.79 Å². The molecule has 4 aromatic rings. The summed E-state index contributed by atoms with van der Waals surface area (Å²) in [6, 6.07) is 24.1. The van der Waals surface area contributed by atoms with Crippen molar-refractivity contribution >= 4 is 22.7 Å². The molecular formula is C22H18O3S. The van der Waals surface area contributed by atoms with Crippen LogP contribution in [-0.4, -0.2) is 14.2 Å². The van der Waals surface area contributed by atoms with Gasteiger partial charge in [-0.2, -0.15) is 0 Å². The van der Waals surface area contributed by atoms with E-state index < -0.39 is 0 Å². The second kappa shape index (κ2) is 7.18. The number of rotatable bonds is 5. The number of para-hydroxylation sites is 1. The van der Waals surface area contributed by atoms with Crippen LogP contribution in [0.3, 0.4) is 0 Å². The number of benzene rings is 3. The van der Waals surface area contributed by atoms with Gasteiger partial charge in [0.15, 0.2) is 0 Å². The molecule has 26 heavy (non-hydrogen) atoms. The Morgan fingerprint density at radius 2 is 1.35 bits per heavy atom. The molecule has 0 amide bonds. The van der Waals surface area contributed by atoms with E-state index in [1.807, 2.05) is 54.6 Å². The Balaban J connectivity index is 1.80. The van der Waals surface area contributed by atoms with Crippen LogP contribution in [0, 0.1) is 0 Å². The predicted molar refractivity (Wildman–Crippen MR) is 105 cm³/mol. The molecule has 3 aromatic carbocycles. The second-order valence-corrected chi connectivity index (χ2v) is 6.85. The lowest BCUT2D eigenvalue weighted by Gasteiger charge is -2.06. The topological polar surface area (TPSA) is 31.6 Å². The molecule has 0 saturated carbocycles. The van der Waals surface area contributed by atoms with E-state index in [1.54, 1.807) is 26.0 Å². The highest BCUT2D eigenvalue weighted by atomic mass is 32.2. The largest absolute Gasteiger partial charge is 0.497 e. The monoisotopic (exact) mass is 362 g/mol. The van der Waals surface area contributed by atoms with Crippen molar-refractivity contribution in [3.8, 4) is 22.8 Å². The highest BCUT2D eigenvalue weighted by Gasteiger charge is 2.17. The summed E-state index contributed by atoms with van der Waals surface area (Å²) in [6.45, 7) is 0. The van der Waals surface area contributed by atoms with Gasteiger partial charge in [-0.15, -0.1) is 0 Å². The van der Waals surface area contributed by atoms with E-state index >= 15 is 0 Å². The minimum absolute atomic E-state index is 0.828. The normalized spacial score (nSPS) is 10.8. The summed E-state index contributed by atoms with van der Waals surface area (Å²) in [7, 11) is 3.34. The van der Waals surface area contributed by atoms with Crippen molar-refractivity contribution in [1.29, 1.82) is 0 Å². The molecule has 4 heteroatoms. The van der Waals surface area contributed by atoms with Gasteiger partial charge >= 0.3 is 0 Å². The summed E-state index contributed by atoms with van der Waals surface area (Å²) in [6.07, 6.45) is 0. The van der Waals surface area contributed by atoms with Crippen molar-refractivity contribution in [3.63, 3.8) is 0 Å². The average Bonchev–Trinajstić information content (AvgIpc) is 3.07. The van der Waals surface area contributed by atoms with Crippen LogP contribution >= 0.6 is 11.8 Å². The maximum absolute atomic E-state index is 6.19. The maximum Gasteiger partial charge on any atom is 0.149 e. The zero-order chi connectivity index (χ0) is 17.9. The SMILES string of the molecule is COc1ccc(Sc2c(-c3ccc(OC)cc3)oc3ccccc23)cc1. The molecule has 0 fully saturated rings. The molecule has 0 spiro atoms. The van der Waals surface area contributed by atoms with Crippen molar-refractivity contribution in [2.24, 2.45) is 0 Å². The van der Waals surface area contributed by atoms with Gasteiger partial charge in [-0.3, -0.25) is 0 Å². The first-order valence-corrected chi connectivity index (χ1v) is 9.08. The lowest BCUT2D eigenvalue weighted by atomic mass is 10.1. The fourth-order valence-corrected chi connectivity index (χ4v) is 3.86. The van der Waals surface area contributed by atoms with Crippen molar-refractivity contribution in [3.05, 3.63) is 72.8 Å². The van der Waals surface area contributed by atoms with E-state index in [-0.39, 0.29) is 0 Å². The lowest BCUT2D eigenvalue weighted by molar-refractivity contribution is 0.414. The van der Waals surface area contributed by atoms with Crippen LogP contribution in [0.2, 0.25) is 0 Å². The van der Waals surface area contributed by atoms with E-state index in [1.165, 1.54) is 0 Å². The van der Waals surface area contributed by atoms with Gasteiger partial charge in [0.05, 0.1) is 19.1 Å². The summed E-state index contributed by atoms with van der Waals surface area (Å²) in [5.74, 6) is 2.55. The van der Waals surface area contributed by atoms with E-state index in [2.05, 4.69) is 18.2 Å². The van der Waals surface area contributed by atoms with Gasteiger partial charge in [-0.1, -0.05) is 23.9 Å². The smallest absolute Gasteiger partial charge is 0.149 e. The molecule has 0 aliphatic rings. The first-order valence-electron chi connectivity index (χ1n) is 8.26. The average molecular weight is 362 g/mol. The van der Waals surface area contributed by atoms with Gasteiger partial charge in [0.2, 0.25) is 0 Å². The molecule has 0 saturated heterocycles. The van der Waals surface area contributed by atoms with Crippen LogP contribution < -0.4 is 9.47 Å². The van der Waals surface area contributed by atoms with Gasteiger partial charge in [-0.25, -0.2) is 0 Å². The van der Waals surface area contributed by atoms with Crippen LogP contribution in [-0.2, 0) is 0 Å². The summed E-state index contributed by atoms with van der Waals surface area (Å²) >= 11 is 1.69. The van der Waals surface area contributed by atoms with Crippen molar-refractivity contribution in [1.82, 2.24) is 0 Å². The van der Waals surface area contributed by atoms with Gasteiger partial charge in [-0.05, 0) is 60.7 Å². The van der Waals surface area contributed by atoms with Crippen LogP contribution in [0.1, 0.15) is 0 Å². The third-order valence-electron chi connectivity index (χ3n) is 4.18. The number of ether oxygens (including phenoxy) is 2. The Hall–Kier alpha value is -2.85. The zero-order valence-corrected chi connectivity index (χ0v) is 15.4. The van der Waals surface area contributed by atoms with Crippen LogP contribution in [0.4, 0.5) is 0 Å². The summed E-state index contributed by atoms with van der Waals surface area (Å²) < 4.78 is 16.7. The number of furan rings is 1. The summed E-state index contributed by atoms with van der Waals surface area (Å²) in [4.78, 5) is 2.24. The zero-order valence-electron chi connectivity index (χ0n) is 14.6. The Morgan fingerprint density at radius 3 is 2.00 bits per heavy atom. The molecule has 0 bridgehead atoms. The Morgan fingerprint density at radius 1 is 0.731 bits per heavy atom. The lowest BCUT2D eigenvalue weighted by Crippen LogP contribution is -1.83. The molecule has 0 atom stereocenters. The molecule has 0 N–H and O–H groups in total. The minimum atomic E-state index is 0.828. The number of methoxy groups -OCH3 is 2. The molecule has 4 rings (SSSR count). The van der Waals surface area contributed by atoms with Gasteiger partial charge in [0.25, 0.3) is 0 Å². The van der Waals surface area contributed by atoms with Crippen LogP contribution in [0.15, 0.2) is 87.0 Å². The maximum atomic E-state index is 6.19. The van der Waals surface area contributed by atoms with Crippen LogP contribution in [0.5, 0.6) is 11.5 Å². The first kappa shape index (κ1) is 16.6. The third-order valence-corrected chi connectivity index (χ3v) is 5.30. The summed E-state index contributed by atoms with van der Waals surface area (Å²) in [5, 5.41) is 1.11.